The molecule has 1 aliphatic rings. The van der Waals surface area contributed by atoms with Crippen molar-refractivity contribution in [2.24, 2.45) is 0 Å². The molecule has 0 aliphatic carbocycles. The first-order valence-electron chi connectivity index (χ1n) is 4.90. The molecule has 0 aromatic carbocycles. The molecule has 3 N–H and O–H groups in total. The van der Waals surface area contributed by atoms with Gasteiger partial charge in [-0.1, -0.05) is 6.42 Å². The lowest BCUT2D eigenvalue weighted by molar-refractivity contribution is -0.118. The van der Waals surface area contributed by atoms with Crippen LogP contribution in [0.25, 0.3) is 0 Å². The predicted molar refractivity (Wildman–Crippen MR) is 52.9 cm³/mol. The van der Waals surface area contributed by atoms with Crippen LogP contribution in [-0.4, -0.2) is 28.7 Å². The van der Waals surface area contributed by atoms with E-state index in [0.717, 1.165) is 25.8 Å². The lowest BCUT2D eigenvalue weighted by atomic mass is 10.0. The SMILES string of the molecule is O=C(Nc1ccn[nH]1)C1CCCCN1. The van der Waals surface area contributed by atoms with Gasteiger partial charge in [0.2, 0.25) is 5.91 Å². The van der Waals surface area contributed by atoms with E-state index in [1.54, 1.807) is 12.3 Å². The molecule has 1 saturated heterocycles. The summed E-state index contributed by atoms with van der Waals surface area (Å²) in [6.45, 7) is 0.932. The third-order valence-electron chi connectivity index (χ3n) is 2.39. The molecule has 1 atom stereocenters. The van der Waals surface area contributed by atoms with E-state index in [0.29, 0.717) is 5.82 Å². The van der Waals surface area contributed by atoms with Crippen molar-refractivity contribution in [3.63, 3.8) is 0 Å². The first-order valence-corrected chi connectivity index (χ1v) is 4.90. The summed E-state index contributed by atoms with van der Waals surface area (Å²) in [6.07, 6.45) is 4.81. The Balaban J connectivity index is 1.88. The number of H-pyrrole nitrogens is 1. The smallest absolute Gasteiger partial charge is 0.242 e. The summed E-state index contributed by atoms with van der Waals surface area (Å²) in [5.74, 6) is 0.677. The van der Waals surface area contributed by atoms with Crippen LogP contribution >= 0.6 is 0 Å². The predicted octanol–water partition coefficient (Wildman–Crippen LogP) is 0.490. The van der Waals surface area contributed by atoms with Gasteiger partial charge in [0.15, 0.2) is 0 Å². The molecular formula is C9H14N4O. The molecule has 1 aliphatic heterocycles. The number of nitrogens with zero attached hydrogens (tertiary/aromatic N) is 1. The Bertz CT molecular complexity index is 290. The van der Waals surface area contributed by atoms with Crippen LogP contribution in [-0.2, 0) is 4.79 Å². The van der Waals surface area contributed by atoms with Gasteiger partial charge in [-0.15, -0.1) is 0 Å². The van der Waals surface area contributed by atoms with Crippen LogP contribution in [0.4, 0.5) is 5.82 Å². The average molecular weight is 194 g/mol. The molecule has 1 fully saturated rings. The highest BCUT2D eigenvalue weighted by molar-refractivity contribution is 5.94. The van der Waals surface area contributed by atoms with Gasteiger partial charge in [0.25, 0.3) is 0 Å². The van der Waals surface area contributed by atoms with Crippen molar-refractivity contribution in [2.45, 2.75) is 25.3 Å². The number of carbonyl (C=O) groups is 1. The largest absolute Gasteiger partial charge is 0.310 e. The van der Waals surface area contributed by atoms with E-state index in [4.69, 9.17) is 0 Å². The fourth-order valence-corrected chi connectivity index (χ4v) is 1.62. The van der Waals surface area contributed by atoms with Gasteiger partial charge in [-0.25, -0.2) is 0 Å². The van der Waals surface area contributed by atoms with E-state index >= 15 is 0 Å². The maximum atomic E-state index is 11.6. The summed E-state index contributed by atoms with van der Waals surface area (Å²) in [5.41, 5.74) is 0. The van der Waals surface area contributed by atoms with Gasteiger partial charge in [-0.2, -0.15) is 5.10 Å². The first-order chi connectivity index (χ1) is 6.86. The molecule has 2 rings (SSSR count). The molecule has 2 heterocycles. The normalized spacial score (nSPS) is 21.9. The Labute approximate surface area is 82.3 Å². The molecule has 0 saturated carbocycles. The number of aromatic nitrogens is 2. The number of hydrogen-bond acceptors (Lipinski definition) is 3. The Morgan fingerprint density at radius 2 is 2.50 bits per heavy atom. The molecule has 1 aromatic rings. The van der Waals surface area contributed by atoms with E-state index in [9.17, 15) is 4.79 Å². The summed E-state index contributed by atoms with van der Waals surface area (Å²) < 4.78 is 0. The molecule has 5 heteroatoms. The number of carbonyl (C=O) groups excluding carboxylic acids is 1. The van der Waals surface area contributed by atoms with Crippen LogP contribution in [0.3, 0.4) is 0 Å². The van der Waals surface area contributed by atoms with Crippen LogP contribution < -0.4 is 10.6 Å². The van der Waals surface area contributed by atoms with E-state index in [-0.39, 0.29) is 11.9 Å². The minimum atomic E-state index is -0.0490. The molecule has 0 radical (unpaired) electrons. The fraction of sp³-hybridized carbons (Fsp3) is 0.556. The highest BCUT2D eigenvalue weighted by atomic mass is 16.2. The zero-order valence-electron chi connectivity index (χ0n) is 7.92. The van der Waals surface area contributed by atoms with Gasteiger partial charge >= 0.3 is 0 Å². The van der Waals surface area contributed by atoms with Gasteiger partial charge in [0.05, 0.1) is 12.2 Å². The number of aromatic amines is 1. The van der Waals surface area contributed by atoms with Crippen molar-refractivity contribution in [3.05, 3.63) is 12.3 Å². The number of hydrogen-bond donors (Lipinski definition) is 3. The Morgan fingerprint density at radius 1 is 1.57 bits per heavy atom. The number of rotatable bonds is 2. The standard InChI is InChI=1S/C9H14N4O/c14-9(7-3-1-2-5-10-7)12-8-4-6-11-13-8/h4,6-7,10H,1-3,5H2,(H2,11,12,13,14). The van der Waals surface area contributed by atoms with Gasteiger partial charge in [-0.3, -0.25) is 9.89 Å². The fourth-order valence-electron chi connectivity index (χ4n) is 1.62. The van der Waals surface area contributed by atoms with Crippen molar-refractivity contribution in [2.75, 3.05) is 11.9 Å². The zero-order valence-corrected chi connectivity index (χ0v) is 7.92. The quantitative estimate of drug-likeness (QED) is 0.641. The minimum absolute atomic E-state index is 0.0222. The van der Waals surface area contributed by atoms with Gasteiger partial charge in [0, 0.05) is 6.07 Å². The molecule has 5 nitrogen and oxygen atoms in total. The molecule has 1 aromatic heterocycles. The third kappa shape index (κ3) is 2.11. The van der Waals surface area contributed by atoms with Gasteiger partial charge in [-0.05, 0) is 19.4 Å². The summed E-state index contributed by atoms with van der Waals surface area (Å²) in [6, 6.07) is 1.69. The maximum Gasteiger partial charge on any atom is 0.242 e. The van der Waals surface area contributed by atoms with Crippen LogP contribution in [0.1, 0.15) is 19.3 Å². The van der Waals surface area contributed by atoms with E-state index < -0.39 is 0 Å². The lowest BCUT2D eigenvalue weighted by Gasteiger charge is -2.21. The van der Waals surface area contributed by atoms with Crippen LogP contribution in [0, 0.1) is 0 Å². The van der Waals surface area contributed by atoms with Crippen molar-refractivity contribution in [3.8, 4) is 0 Å². The maximum absolute atomic E-state index is 11.6. The van der Waals surface area contributed by atoms with Gasteiger partial charge in [0.1, 0.15) is 5.82 Å². The highest BCUT2D eigenvalue weighted by Gasteiger charge is 2.20. The lowest BCUT2D eigenvalue weighted by Crippen LogP contribution is -2.43. The molecule has 0 bridgehead atoms. The van der Waals surface area contributed by atoms with E-state index in [2.05, 4.69) is 20.8 Å². The summed E-state index contributed by atoms with van der Waals surface area (Å²) in [7, 11) is 0. The van der Waals surface area contributed by atoms with Crippen molar-refractivity contribution >= 4 is 11.7 Å². The second kappa shape index (κ2) is 4.23. The molecule has 1 unspecified atom stereocenters. The number of anilines is 1. The minimum Gasteiger partial charge on any atom is -0.310 e. The summed E-state index contributed by atoms with van der Waals surface area (Å²) in [5, 5.41) is 12.4. The Hall–Kier alpha value is -1.36. The number of piperidine rings is 1. The third-order valence-corrected chi connectivity index (χ3v) is 2.39. The van der Waals surface area contributed by atoms with Crippen LogP contribution in [0.15, 0.2) is 12.3 Å². The number of amides is 1. The van der Waals surface area contributed by atoms with Crippen LogP contribution in [0.2, 0.25) is 0 Å². The topological polar surface area (TPSA) is 69.8 Å². The van der Waals surface area contributed by atoms with E-state index in [1.807, 2.05) is 0 Å². The van der Waals surface area contributed by atoms with Crippen molar-refractivity contribution in [1.29, 1.82) is 0 Å². The summed E-state index contributed by atoms with van der Waals surface area (Å²) >= 11 is 0. The van der Waals surface area contributed by atoms with E-state index in [1.165, 1.54) is 0 Å². The summed E-state index contributed by atoms with van der Waals surface area (Å²) in [4.78, 5) is 11.6. The second-order valence-corrected chi connectivity index (χ2v) is 3.46. The average Bonchev–Trinajstić information content (AvgIpc) is 2.72. The number of nitrogens with one attached hydrogen (secondary N) is 3. The Morgan fingerprint density at radius 3 is 3.14 bits per heavy atom. The molecule has 0 spiro atoms. The van der Waals surface area contributed by atoms with Crippen molar-refractivity contribution in [1.82, 2.24) is 15.5 Å². The molecular weight excluding hydrogens is 180 g/mol. The monoisotopic (exact) mass is 194 g/mol. The molecule has 14 heavy (non-hydrogen) atoms. The highest BCUT2D eigenvalue weighted by Crippen LogP contribution is 2.09. The van der Waals surface area contributed by atoms with Crippen LogP contribution in [0.5, 0.6) is 0 Å². The molecule has 76 valence electrons. The second-order valence-electron chi connectivity index (χ2n) is 3.46. The van der Waals surface area contributed by atoms with Gasteiger partial charge < -0.3 is 10.6 Å². The first kappa shape index (κ1) is 9.21. The zero-order chi connectivity index (χ0) is 9.80. The Kier molecular flexibility index (Phi) is 2.78. The van der Waals surface area contributed by atoms with Crippen molar-refractivity contribution < 1.29 is 4.79 Å². The molecule has 1 amide bonds.